The van der Waals surface area contributed by atoms with Crippen LogP contribution in [0.15, 0.2) is 36.0 Å². The average Bonchev–Trinajstić information content (AvgIpc) is 3.54. The highest BCUT2D eigenvalue weighted by Gasteiger charge is 2.29. The van der Waals surface area contributed by atoms with E-state index < -0.39 is 6.10 Å². The highest BCUT2D eigenvalue weighted by Crippen LogP contribution is 2.29. The molecule has 2 aliphatic rings. The van der Waals surface area contributed by atoms with Gasteiger partial charge in [-0.05, 0) is 18.9 Å². The van der Waals surface area contributed by atoms with Gasteiger partial charge in [0.05, 0.1) is 54.6 Å². The standard InChI is InChI=1S/C21H27N7O2/c1-3-16(4-2)26-10-15(8-23-26)21-18-5-6-22-28(18)11-17(25-21)14-7-24-27(9-14)19-12-30-13-20(19)29/h5-9,11,15-16,19-20,29H,3-4,10,12-13H2,1-2H3/t15?,19-,20-/m0/s1. The Morgan fingerprint density at radius 1 is 1.20 bits per heavy atom. The molecule has 158 valence electrons. The Bertz CT molecular complexity index is 1050. The summed E-state index contributed by atoms with van der Waals surface area (Å²) in [7, 11) is 0. The number of aliphatic hydroxyl groups is 1. The second kappa shape index (κ2) is 7.81. The maximum atomic E-state index is 10.1. The molecule has 0 radical (unpaired) electrons. The fourth-order valence-corrected chi connectivity index (χ4v) is 4.37. The van der Waals surface area contributed by atoms with Crippen molar-refractivity contribution in [2.24, 2.45) is 5.10 Å². The number of hydrogen-bond acceptors (Lipinski definition) is 7. The molecule has 3 atom stereocenters. The van der Waals surface area contributed by atoms with Gasteiger partial charge in [-0.3, -0.25) is 9.69 Å². The van der Waals surface area contributed by atoms with Crippen molar-refractivity contribution in [1.82, 2.24) is 29.4 Å². The van der Waals surface area contributed by atoms with E-state index in [0.717, 1.165) is 41.9 Å². The van der Waals surface area contributed by atoms with E-state index >= 15 is 0 Å². The monoisotopic (exact) mass is 409 g/mol. The molecular formula is C21H27N7O2. The highest BCUT2D eigenvalue weighted by atomic mass is 16.5. The van der Waals surface area contributed by atoms with Crippen LogP contribution in [-0.4, -0.2) is 72.6 Å². The van der Waals surface area contributed by atoms with Crippen LogP contribution in [0, 0.1) is 0 Å². The Kier molecular flexibility index (Phi) is 5.00. The normalized spacial score (nSPS) is 24.0. The number of aromatic nitrogens is 5. The van der Waals surface area contributed by atoms with Crippen LogP contribution in [-0.2, 0) is 4.74 Å². The van der Waals surface area contributed by atoms with Crippen LogP contribution in [0.5, 0.6) is 0 Å². The fourth-order valence-electron chi connectivity index (χ4n) is 4.37. The first-order chi connectivity index (χ1) is 14.7. The van der Waals surface area contributed by atoms with Gasteiger partial charge >= 0.3 is 0 Å². The molecule has 3 aromatic rings. The van der Waals surface area contributed by atoms with E-state index in [1.165, 1.54) is 0 Å². The summed E-state index contributed by atoms with van der Waals surface area (Å²) in [5.74, 6) is 0.116. The second-order valence-electron chi connectivity index (χ2n) is 8.02. The summed E-state index contributed by atoms with van der Waals surface area (Å²) in [5, 5.41) is 25.9. The van der Waals surface area contributed by atoms with Gasteiger partial charge in [0.25, 0.3) is 0 Å². The van der Waals surface area contributed by atoms with E-state index in [1.54, 1.807) is 17.1 Å². The Morgan fingerprint density at radius 3 is 2.83 bits per heavy atom. The molecule has 0 spiro atoms. The average molecular weight is 409 g/mol. The van der Waals surface area contributed by atoms with Crippen LogP contribution >= 0.6 is 0 Å². The first kappa shape index (κ1) is 19.2. The van der Waals surface area contributed by atoms with Gasteiger partial charge in [-0.25, -0.2) is 9.50 Å². The minimum atomic E-state index is -0.541. The van der Waals surface area contributed by atoms with E-state index in [2.05, 4.69) is 34.2 Å². The Balaban J connectivity index is 1.47. The lowest BCUT2D eigenvalue weighted by molar-refractivity contribution is 0.118. The van der Waals surface area contributed by atoms with Gasteiger partial charge in [0.2, 0.25) is 0 Å². The minimum absolute atomic E-state index is 0.116. The number of fused-ring (bicyclic) bond motifs is 1. The third-order valence-electron chi connectivity index (χ3n) is 6.17. The molecule has 2 aliphatic heterocycles. The molecule has 0 saturated carbocycles. The zero-order valence-corrected chi connectivity index (χ0v) is 17.3. The van der Waals surface area contributed by atoms with Gasteiger partial charge < -0.3 is 9.84 Å². The first-order valence-electron chi connectivity index (χ1n) is 10.6. The van der Waals surface area contributed by atoms with Crippen molar-refractivity contribution in [2.45, 2.75) is 50.8 Å². The highest BCUT2D eigenvalue weighted by molar-refractivity contribution is 5.74. The third-order valence-corrected chi connectivity index (χ3v) is 6.17. The van der Waals surface area contributed by atoms with Crippen molar-refractivity contribution in [3.05, 3.63) is 36.5 Å². The quantitative estimate of drug-likeness (QED) is 0.670. The third kappa shape index (κ3) is 3.27. The smallest absolute Gasteiger partial charge is 0.103 e. The van der Waals surface area contributed by atoms with Crippen molar-refractivity contribution >= 4 is 11.7 Å². The van der Waals surface area contributed by atoms with E-state index in [0.29, 0.717) is 19.3 Å². The Morgan fingerprint density at radius 2 is 2.07 bits per heavy atom. The van der Waals surface area contributed by atoms with Crippen molar-refractivity contribution in [3.8, 4) is 11.3 Å². The zero-order valence-electron chi connectivity index (χ0n) is 17.3. The zero-order chi connectivity index (χ0) is 20.7. The summed E-state index contributed by atoms with van der Waals surface area (Å²) in [6.45, 7) is 6.04. The van der Waals surface area contributed by atoms with Crippen molar-refractivity contribution in [2.75, 3.05) is 19.8 Å². The number of hydrazone groups is 1. The molecule has 1 saturated heterocycles. The van der Waals surface area contributed by atoms with Gasteiger partial charge in [0.15, 0.2) is 0 Å². The van der Waals surface area contributed by atoms with E-state index in [4.69, 9.17) is 9.72 Å². The summed E-state index contributed by atoms with van der Waals surface area (Å²) in [6.07, 6.45) is 11.0. The molecule has 3 aromatic heterocycles. The maximum absolute atomic E-state index is 10.1. The number of rotatable bonds is 6. The van der Waals surface area contributed by atoms with Crippen molar-refractivity contribution < 1.29 is 9.84 Å². The van der Waals surface area contributed by atoms with Crippen LogP contribution < -0.4 is 0 Å². The summed E-state index contributed by atoms with van der Waals surface area (Å²) >= 11 is 0. The summed E-state index contributed by atoms with van der Waals surface area (Å²) in [4.78, 5) is 5.00. The molecule has 1 N–H and O–H groups in total. The molecule has 9 heteroatoms. The molecule has 1 fully saturated rings. The summed E-state index contributed by atoms with van der Waals surface area (Å²) in [5.41, 5.74) is 3.66. The molecule has 5 heterocycles. The predicted octanol–water partition coefficient (Wildman–Crippen LogP) is 2.10. The van der Waals surface area contributed by atoms with Crippen molar-refractivity contribution in [1.29, 1.82) is 0 Å². The fraction of sp³-hybridized carbons (Fsp3) is 0.524. The number of aliphatic hydroxyl groups excluding tert-OH is 1. The Labute approximate surface area is 175 Å². The van der Waals surface area contributed by atoms with Gasteiger partial charge in [-0.1, -0.05) is 13.8 Å². The summed E-state index contributed by atoms with van der Waals surface area (Å²) < 4.78 is 9.00. The molecule has 0 aromatic carbocycles. The van der Waals surface area contributed by atoms with Gasteiger partial charge in [0, 0.05) is 30.6 Å². The summed E-state index contributed by atoms with van der Waals surface area (Å²) in [6, 6.07) is 2.28. The minimum Gasteiger partial charge on any atom is -0.388 e. The largest absolute Gasteiger partial charge is 0.388 e. The maximum Gasteiger partial charge on any atom is 0.103 e. The van der Waals surface area contributed by atoms with E-state index in [9.17, 15) is 5.11 Å². The molecule has 30 heavy (non-hydrogen) atoms. The number of nitrogens with zero attached hydrogens (tertiary/aromatic N) is 7. The van der Waals surface area contributed by atoms with Gasteiger partial charge in [-0.2, -0.15) is 15.3 Å². The SMILES string of the molecule is CCC(CC)N1CC(c2nc(-c3cnn([C@H]4COC[C@@H]4O)c3)cn3nccc23)C=N1. The molecule has 0 amide bonds. The predicted molar refractivity (Wildman–Crippen MR) is 112 cm³/mol. The Hall–Kier alpha value is -2.78. The number of ether oxygens (including phenoxy) is 1. The van der Waals surface area contributed by atoms with E-state index in [-0.39, 0.29) is 12.0 Å². The number of hydrogen-bond donors (Lipinski definition) is 1. The molecular weight excluding hydrogens is 382 g/mol. The van der Waals surface area contributed by atoms with Crippen LogP contribution in [0.3, 0.4) is 0 Å². The van der Waals surface area contributed by atoms with Gasteiger partial charge in [0.1, 0.15) is 12.1 Å². The van der Waals surface area contributed by atoms with E-state index in [1.807, 2.05) is 29.2 Å². The van der Waals surface area contributed by atoms with Crippen LogP contribution in [0.4, 0.5) is 0 Å². The lowest BCUT2D eigenvalue weighted by atomic mass is 10.0. The lowest BCUT2D eigenvalue weighted by Crippen LogP contribution is -2.29. The molecule has 5 rings (SSSR count). The van der Waals surface area contributed by atoms with Crippen molar-refractivity contribution in [3.63, 3.8) is 0 Å². The molecule has 0 aliphatic carbocycles. The molecule has 0 bridgehead atoms. The van der Waals surface area contributed by atoms with Crippen LogP contribution in [0.1, 0.15) is 44.3 Å². The van der Waals surface area contributed by atoms with Crippen LogP contribution in [0.2, 0.25) is 0 Å². The van der Waals surface area contributed by atoms with Gasteiger partial charge in [-0.15, -0.1) is 0 Å². The second-order valence-corrected chi connectivity index (χ2v) is 8.02. The topological polar surface area (TPSA) is 93.1 Å². The molecule has 9 nitrogen and oxygen atoms in total. The first-order valence-corrected chi connectivity index (χ1v) is 10.6. The molecule has 1 unspecified atom stereocenters. The lowest BCUT2D eigenvalue weighted by Gasteiger charge is -2.25. The van der Waals surface area contributed by atoms with Crippen LogP contribution in [0.25, 0.3) is 16.8 Å².